The average molecular weight is 641 g/mol. The first-order valence-corrected chi connectivity index (χ1v) is 18.0. The highest BCUT2D eigenvalue weighted by Gasteiger charge is 2.53. The van der Waals surface area contributed by atoms with Crippen LogP contribution in [0.5, 0.6) is 0 Å². The van der Waals surface area contributed by atoms with Gasteiger partial charge in [0.25, 0.3) is 0 Å². The van der Waals surface area contributed by atoms with Crippen LogP contribution in [0.3, 0.4) is 0 Å². The van der Waals surface area contributed by atoms with Crippen molar-refractivity contribution >= 4 is 64.6 Å². The molecular formula is C51H28. The first-order chi connectivity index (χ1) is 25.3. The highest BCUT2D eigenvalue weighted by molar-refractivity contribution is 6.33. The summed E-state index contributed by atoms with van der Waals surface area (Å²) < 4.78 is 0. The Labute approximate surface area is 294 Å². The highest BCUT2D eigenvalue weighted by atomic mass is 14.5. The van der Waals surface area contributed by atoms with E-state index in [1.54, 1.807) is 0 Å². The largest absolute Gasteiger partial charge is 0.0731 e. The molecule has 0 unspecified atom stereocenters. The van der Waals surface area contributed by atoms with E-state index in [4.69, 9.17) is 0 Å². The first-order valence-electron chi connectivity index (χ1n) is 18.0. The van der Waals surface area contributed by atoms with Gasteiger partial charge >= 0.3 is 0 Å². The Morgan fingerprint density at radius 2 is 0.784 bits per heavy atom. The topological polar surface area (TPSA) is 0 Å². The molecular weight excluding hydrogens is 613 g/mol. The van der Waals surface area contributed by atoms with Gasteiger partial charge in [-0.15, -0.1) is 0 Å². The lowest BCUT2D eigenvalue weighted by atomic mass is 9.68. The third kappa shape index (κ3) is 2.94. The minimum atomic E-state index is -0.406. The van der Waals surface area contributed by atoms with Gasteiger partial charge in [-0.05, 0) is 126 Å². The Kier molecular flexibility index (Phi) is 4.65. The molecule has 0 nitrogen and oxygen atoms in total. The molecule has 0 heteroatoms. The number of hydrogen-bond donors (Lipinski definition) is 0. The minimum Gasteiger partial charge on any atom is -0.0619 e. The lowest BCUT2D eigenvalue weighted by Crippen LogP contribution is -2.26. The summed E-state index contributed by atoms with van der Waals surface area (Å²) in [5.74, 6) is 0. The van der Waals surface area contributed by atoms with E-state index < -0.39 is 5.41 Å². The second kappa shape index (κ2) is 8.99. The summed E-state index contributed by atoms with van der Waals surface area (Å²) in [5.41, 5.74) is 13.2. The van der Waals surface area contributed by atoms with Crippen molar-refractivity contribution in [2.24, 2.45) is 0 Å². The molecule has 1 spiro atoms. The quantitative estimate of drug-likeness (QED) is 0.157. The third-order valence-corrected chi connectivity index (χ3v) is 12.5. The van der Waals surface area contributed by atoms with Gasteiger partial charge in [0, 0.05) is 0 Å². The monoisotopic (exact) mass is 640 g/mol. The van der Waals surface area contributed by atoms with Gasteiger partial charge in [-0.1, -0.05) is 164 Å². The summed E-state index contributed by atoms with van der Waals surface area (Å²) in [4.78, 5) is 0. The molecule has 0 saturated carbocycles. The van der Waals surface area contributed by atoms with Crippen molar-refractivity contribution in [3.05, 3.63) is 192 Å². The maximum absolute atomic E-state index is 2.47. The maximum atomic E-state index is 2.47. The van der Waals surface area contributed by atoms with Crippen molar-refractivity contribution in [3.8, 4) is 33.4 Å². The second-order valence-corrected chi connectivity index (χ2v) is 14.7. The van der Waals surface area contributed by atoms with Crippen LogP contribution in [0.15, 0.2) is 170 Å². The lowest BCUT2D eigenvalue weighted by Gasteiger charge is -2.32. The zero-order valence-electron chi connectivity index (χ0n) is 27.7. The number of rotatable bonds is 1. The Morgan fingerprint density at radius 3 is 1.55 bits per heavy atom. The molecule has 0 N–H and O–H groups in total. The molecule has 0 saturated heterocycles. The van der Waals surface area contributed by atoms with Crippen LogP contribution in [-0.4, -0.2) is 0 Å². The average Bonchev–Trinajstić information content (AvgIpc) is 3.67. The second-order valence-electron chi connectivity index (χ2n) is 14.7. The summed E-state index contributed by atoms with van der Waals surface area (Å²) in [7, 11) is 0. The van der Waals surface area contributed by atoms with Crippen LogP contribution in [0.1, 0.15) is 22.3 Å². The third-order valence-electron chi connectivity index (χ3n) is 12.5. The molecule has 0 aromatic heterocycles. The summed E-state index contributed by atoms with van der Waals surface area (Å²) in [5, 5.41) is 16.0. The van der Waals surface area contributed by atoms with Crippen LogP contribution in [0.2, 0.25) is 0 Å². The van der Waals surface area contributed by atoms with Crippen LogP contribution in [0.25, 0.3) is 98.0 Å². The number of hydrogen-bond acceptors (Lipinski definition) is 0. The molecule has 2 aliphatic rings. The summed E-state index contributed by atoms with van der Waals surface area (Å²) in [6.07, 6.45) is 0. The van der Waals surface area contributed by atoms with Crippen LogP contribution >= 0.6 is 0 Å². The van der Waals surface area contributed by atoms with E-state index in [-0.39, 0.29) is 0 Å². The fraction of sp³-hybridized carbons (Fsp3) is 0.0196. The van der Waals surface area contributed by atoms with E-state index >= 15 is 0 Å². The van der Waals surface area contributed by atoms with Crippen molar-refractivity contribution in [2.75, 3.05) is 0 Å². The van der Waals surface area contributed by atoms with E-state index in [1.165, 1.54) is 120 Å². The summed E-state index contributed by atoms with van der Waals surface area (Å²) in [6.45, 7) is 0. The highest BCUT2D eigenvalue weighted by Crippen LogP contribution is 2.66. The van der Waals surface area contributed by atoms with Gasteiger partial charge in [0.15, 0.2) is 0 Å². The Bertz CT molecular complexity index is 3240. The fourth-order valence-electron chi connectivity index (χ4n) is 10.8. The molecule has 51 heavy (non-hydrogen) atoms. The molecule has 11 aromatic carbocycles. The molecule has 13 rings (SSSR count). The molecule has 0 atom stereocenters. The van der Waals surface area contributed by atoms with Crippen LogP contribution < -0.4 is 0 Å². The van der Waals surface area contributed by atoms with Crippen molar-refractivity contribution in [1.29, 1.82) is 0 Å². The Hall–Kier alpha value is -6.50. The van der Waals surface area contributed by atoms with Gasteiger partial charge < -0.3 is 0 Å². The van der Waals surface area contributed by atoms with Crippen molar-refractivity contribution in [1.82, 2.24) is 0 Å². The summed E-state index contributed by atoms with van der Waals surface area (Å²) >= 11 is 0. The molecule has 0 heterocycles. The van der Waals surface area contributed by atoms with Crippen molar-refractivity contribution in [2.45, 2.75) is 5.41 Å². The molecule has 11 aromatic rings. The van der Waals surface area contributed by atoms with Crippen molar-refractivity contribution < 1.29 is 0 Å². The smallest absolute Gasteiger partial charge is 0.0619 e. The van der Waals surface area contributed by atoms with Crippen LogP contribution in [-0.2, 0) is 5.41 Å². The fourth-order valence-corrected chi connectivity index (χ4v) is 10.8. The van der Waals surface area contributed by atoms with Gasteiger partial charge in [-0.3, -0.25) is 0 Å². The SMILES string of the molecule is c1ccc2c(c1)-c1ccccc1C21c2ccccc2-c2c1c1cccc3c(-c4ccc5ccc6cccc7ccc4c5c67)cc4cccc2c4c31. The minimum absolute atomic E-state index is 0.406. The molecule has 0 aliphatic heterocycles. The molecule has 0 bridgehead atoms. The Balaban J connectivity index is 1.24. The number of benzene rings is 11. The van der Waals surface area contributed by atoms with Crippen LogP contribution in [0, 0.1) is 0 Å². The van der Waals surface area contributed by atoms with Gasteiger partial charge in [0.05, 0.1) is 5.41 Å². The van der Waals surface area contributed by atoms with E-state index in [9.17, 15) is 0 Å². The zero-order chi connectivity index (χ0) is 33.0. The van der Waals surface area contributed by atoms with E-state index in [0.717, 1.165) is 0 Å². The number of fused-ring (bicyclic) bond motifs is 12. The maximum Gasteiger partial charge on any atom is 0.0731 e. The van der Waals surface area contributed by atoms with Crippen LogP contribution in [0.4, 0.5) is 0 Å². The zero-order valence-corrected chi connectivity index (χ0v) is 27.7. The predicted octanol–water partition coefficient (Wildman–Crippen LogP) is 13.5. The predicted molar refractivity (Wildman–Crippen MR) is 216 cm³/mol. The molecule has 0 fully saturated rings. The standard InChI is InChI=1S/C51H28/c1-4-19-42-34(13-1)35-14-2-5-20-43(35)51(42)44-21-6-3-15-38(44)49-39-17-8-12-32-28-41(36-16-9-18-40(50(49)51)48(36)47(32)39)33-26-24-31-23-22-29-10-7-11-30-25-27-37(33)46(31)45(29)30/h1-28H. The van der Waals surface area contributed by atoms with E-state index in [1.807, 2.05) is 0 Å². The van der Waals surface area contributed by atoms with Gasteiger partial charge in [0.2, 0.25) is 0 Å². The van der Waals surface area contributed by atoms with Crippen molar-refractivity contribution in [3.63, 3.8) is 0 Å². The molecule has 232 valence electrons. The van der Waals surface area contributed by atoms with Gasteiger partial charge in [-0.2, -0.15) is 0 Å². The lowest BCUT2D eigenvalue weighted by molar-refractivity contribution is 0.802. The summed E-state index contributed by atoms with van der Waals surface area (Å²) in [6, 6.07) is 64.7. The van der Waals surface area contributed by atoms with Gasteiger partial charge in [-0.25, -0.2) is 0 Å². The normalized spacial score (nSPS) is 14.0. The van der Waals surface area contributed by atoms with E-state index in [0.29, 0.717) is 0 Å². The van der Waals surface area contributed by atoms with E-state index in [2.05, 4.69) is 170 Å². The molecule has 2 aliphatic carbocycles. The first kappa shape index (κ1) is 26.4. The molecule has 0 radical (unpaired) electrons. The molecule has 0 amide bonds. The Morgan fingerprint density at radius 1 is 0.275 bits per heavy atom. The van der Waals surface area contributed by atoms with Gasteiger partial charge in [0.1, 0.15) is 0 Å².